The number of carbonyl (C=O) groups is 1. The highest BCUT2D eigenvalue weighted by Crippen LogP contribution is 2.36. The summed E-state index contributed by atoms with van der Waals surface area (Å²) in [6.07, 6.45) is -1.75. The van der Waals surface area contributed by atoms with Crippen molar-refractivity contribution in [3.8, 4) is 11.6 Å². The monoisotopic (exact) mass is 499 g/mol. The standard InChI is InChI=1S/C22H13F4N7O3/c23-11-1-2-15-13(8-11)30-19(35-15)17-16-12(28-9-29-16)4-6-33(17)21(34)20-32-31-18(36-20)14-7-10(3-5-27-14)22(24,25)26/h1-3,5,7-9,17H,4,6H2,(H,28,29)/t17-/m0/s1. The molecule has 0 bridgehead atoms. The van der Waals surface area contributed by atoms with Gasteiger partial charge in [0, 0.05) is 30.9 Å². The van der Waals surface area contributed by atoms with Gasteiger partial charge in [0.05, 0.1) is 17.6 Å². The van der Waals surface area contributed by atoms with Crippen LogP contribution in [0.1, 0.15) is 39.6 Å². The minimum Gasteiger partial charge on any atom is -0.438 e. The van der Waals surface area contributed by atoms with Crippen LogP contribution in [0.4, 0.5) is 17.6 Å². The second-order valence-corrected chi connectivity index (χ2v) is 7.92. The van der Waals surface area contributed by atoms with Crippen LogP contribution in [0.3, 0.4) is 0 Å². The maximum Gasteiger partial charge on any atom is 0.416 e. The summed E-state index contributed by atoms with van der Waals surface area (Å²) in [5.41, 5.74) is 0.626. The Morgan fingerprint density at radius 3 is 2.81 bits per heavy atom. The molecule has 5 heterocycles. The number of rotatable bonds is 3. The van der Waals surface area contributed by atoms with Gasteiger partial charge in [0.25, 0.3) is 5.89 Å². The lowest BCUT2D eigenvalue weighted by Crippen LogP contribution is -2.41. The number of H-pyrrole nitrogens is 1. The molecule has 6 rings (SSSR count). The maximum absolute atomic E-state index is 13.7. The van der Waals surface area contributed by atoms with Crippen molar-refractivity contribution in [3.05, 3.63) is 77.4 Å². The molecule has 0 fully saturated rings. The molecule has 4 aromatic heterocycles. The number of aromatic amines is 1. The number of hydrogen-bond donors (Lipinski definition) is 1. The molecule has 14 heteroatoms. The highest BCUT2D eigenvalue weighted by Gasteiger charge is 2.40. The van der Waals surface area contributed by atoms with Crippen molar-refractivity contribution in [1.82, 2.24) is 35.0 Å². The van der Waals surface area contributed by atoms with E-state index in [-0.39, 0.29) is 29.5 Å². The number of fused-ring (bicyclic) bond motifs is 2. The van der Waals surface area contributed by atoms with Crippen LogP contribution in [-0.2, 0) is 12.6 Å². The molecular formula is C22H13F4N7O3. The van der Waals surface area contributed by atoms with Gasteiger partial charge in [-0.2, -0.15) is 13.2 Å². The van der Waals surface area contributed by atoms with Gasteiger partial charge in [0.15, 0.2) is 11.6 Å². The summed E-state index contributed by atoms with van der Waals surface area (Å²) in [5, 5.41) is 7.43. The number of carbonyl (C=O) groups excluding carboxylic acids is 1. The van der Waals surface area contributed by atoms with Crippen LogP contribution < -0.4 is 0 Å². The third-order valence-corrected chi connectivity index (χ3v) is 5.70. The van der Waals surface area contributed by atoms with Crippen molar-refractivity contribution in [1.29, 1.82) is 0 Å². The number of halogens is 4. The first kappa shape index (κ1) is 21.9. The number of amides is 1. The summed E-state index contributed by atoms with van der Waals surface area (Å²) in [4.78, 5) is 30.3. The Bertz CT molecular complexity index is 1610. The second-order valence-electron chi connectivity index (χ2n) is 7.92. The number of imidazole rings is 1. The smallest absolute Gasteiger partial charge is 0.416 e. The van der Waals surface area contributed by atoms with Gasteiger partial charge >= 0.3 is 18.0 Å². The Morgan fingerprint density at radius 2 is 1.97 bits per heavy atom. The van der Waals surface area contributed by atoms with Crippen molar-refractivity contribution in [3.63, 3.8) is 0 Å². The van der Waals surface area contributed by atoms with Crippen LogP contribution in [-0.4, -0.2) is 47.5 Å². The van der Waals surface area contributed by atoms with E-state index in [4.69, 9.17) is 8.83 Å². The number of hydrogen-bond acceptors (Lipinski definition) is 8. The van der Waals surface area contributed by atoms with E-state index in [1.807, 2.05) is 0 Å². The van der Waals surface area contributed by atoms with Crippen LogP contribution >= 0.6 is 0 Å². The van der Waals surface area contributed by atoms with Crippen molar-refractivity contribution in [2.45, 2.75) is 18.6 Å². The van der Waals surface area contributed by atoms with Crippen molar-refractivity contribution < 1.29 is 31.2 Å². The third-order valence-electron chi connectivity index (χ3n) is 5.70. The van der Waals surface area contributed by atoms with E-state index in [1.165, 1.54) is 29.4 Å². The molecule has 10 nitrogen and oxygen atoms in total. The van der Waals surface area contributed by atoms with E-state index in [0.717, 1.165) is 24.0 Å². The molecular weight excluding hydrogens is 486 g/mol. The lowest BCUT2D eigenvalue weighted by Gasteiger charge is -2.31. The van der Waals surface area contributed by atoms with Crippen LogP contribution in [0, 0.1) is 5.82 Å². The summed E-state index contributed by atoms with van der Waals surface area (Å²) in [6.45, 7) is 0.186. The Kier molecular flexibility index (Phi) is 4.84. The Morgan fingerprint density at radius 1 is 1.11 bits per heavy atom. The number of alkyl halides is 3. The zero-order valence-electron chi connectivity index (χ0n) is 18.0. The largest absolute Gasteiger partial charge is 0.438 e. The van der Waals surface area contributed by atoms with E-state index < -0.39 is 35.4 Å². The zero-order valence-corrected chi connectivity index (χ0v) is 18.0. The number of benzene rings is 1. The summed E-state index contributed by atoms with van der Waals surface area (Å²) in [5.74, 6) is -1.93. The van der Waals surface area contributed by atoms with Crippen LogP contribution in [0.2, 0.25) is 0 Å². The quantitative estimate of drug-likeness (QED) is 0.370. The number of pyridine rings is 1. The molecule has 0 spiro atoms. The predicted molar refractivity (Wildman–Crippen MR) is 112 cm³/mol. The third kappa shape index (κ3) is 3.66. The molecule has 182 valence electrons. The summed E-state index contributed by atoms with van der Waals surface area (Å²) < 4.78 is 64.1. The van der Waals surface area contributed by atoms with Crippen LogP contribution in [0.25, 0.3) is 22.7 Å². The molecule has 1 N–H and O–H groups in total. The van der Waals surface area contributed by atoms with Crippen LogP contribution in [0.5, 0.6) is 0 Å². The van der Waals surface area contributed by atoms with Crippen LogP contribution in [0.15, 0.2) is 51.7 Å². The highest BCUT2D eigenvalue weighted by atomic mass is 19.4. The molecule has 36 heavy (non-hydrogen) atoms. The number of aromatic nitrogens is 6. The summed E-state index contributed by atoms with van der Waals surface area (Å²) in [6, 6.07) is 4.51. The molecule has 0 saturated carbocycles. The van der Waals surface area contributed by atoms with Gasteiger partial charge in [0.2, 0.25) is 5.89 Å². The first-order chi connectivity index (χ1) is 17.3. The molecule has 1 amide bonds. The SMILES string of the molecule is O=C(c1nnc(-c2cc(C(F)(F)F)ccn2)o1)N1CCc2[nH]cnc2[C@H]1c1nc2cc(F)ccc2o1. The summed E-state index contributed by atoms with van der Waals surface area (Å²) in [7, 11) is 0. The molecule has 1 atom stereocenters. The van der Waals surface area contributed by atoms with Gasteiger partial charge in [-0.25, -0.2) is 14.4 Å². The normalized spacial score (nSPS) is 15.9. The van der Waals surface area contributed by atoms with Crippen molar-refractivity contribution >= 4 is 17.0 Å². The molecule has 1 aliphatic rings. The topological polar surface area (TPSA) is 127 Å². The van der Waals surface area contributed by atoms with E-state index in [0.29, 0.717) is 17.7 Å². The highest BCUT2D eigenvalue weighted by molar-refractivity contribution is 5.90. The molecule has 0 saturated heterocycles. The van der Waals surface area contributed by atoms with Crippen molar-refractivity contribution in [2.24, 2.45) is 0 Å². The maximum atomic E-state index is 13.7. The first-order valence-corrected chi connectivity index (χ1v) is 10.5. The van der Waals surface area contributed by atoms with Crippen molar-refractivity contribution in [2.75, 3.05) is 6.54 Å². The van der Waals surface area contributed by atoms with Gasteiger partial charge in [-0.05, 0) is 24.3 Å². The zero-order chi connectivity index (χ0) is 25.0. The van der Waals surface area contributed by atoms with E-state index >= 15 is 0 Å². The number of nitrogens with zero attached hydrogens (tertiary/aromatic N) is 6. The van der Waals surface area contributed by atoms with E-state index in [1.54, 1.807) is 0 Å². The minimum absolute atomic E-state index is 0.0938. The average Bonchev–Trinajstić information content (AvgIpc) is 3.61. The predicted octanol–water partition coefficient (Wildman–Crippen LogP) is 3.94. The van der Waals surface area contributed by atoms with Gasteiger partial charge in [-0.1, -0.05) is 0 Å². The summed E-state index contributed by atoms with van der Waals surface area (Å²) >= 11 is 0. The lowest BCUT2D eigenvalue weighted by atomic mass is 10.0. The van der Waals surface area contributed by atoms with Gasteiger partial charge in [-0.15, -0.1) is 10.2 Å². The minimum atomic E-state index is -4.60. The van der Waals surface area contributed by atoms with Gasteiger partial charge in [-0.3, -0.25) is 9.78 Å². The second kappa shape index (κ2) is 7.96. The lowest BCUT2D eigenvalue weighted by molar-refractivity contribution is -0.137. The fourth-order valence-corrected chi connectivity index (χ4v) is 4.04. The Labute approximate surface area is 198 Å². The van der Waals surface area contributed by atoms with Gasteiger partial charge in [0.1, 0.15) is 17.0 Å². The Hall–Kier alpha value is -4.62. The van der Waals surface area contributed by atoms with E-state index in [2.05, 4.69) is 30.1 Å². The Balaban J connectivity index is 1.36. The molecule has 1 aliphatic heterocycles. The first-order valence-electron chi connectivity index (χ1n) is 10.5. The molecule has 0 aliphatic carbocycles. The molecule has 1 aromatic carbocycles. The number of oxazole rings is 1. The molecule has 5 aromatic rings. The van der Waals surface area contributed by atoms with E-state index in [9.17, 15) is 22.4 Å². The molecule has 0 radical (unpaired) electrons. The number of nitrogens with one attached hydrogen (secondary N) is 1. The van der Waals surface area contributed by atoms with Gasteiger partial charge < -0.3 is 18.7 Å². The molecule has 0 unspecified atom stereocenters. The fraction of sp³-hybridized carbons (Fsp3) is 0.182. The fourth-order valence-electron chi connectivity index (χ4n) is 4.04. The average molecular weight is 499 g/mol.